The topological polar surface area (TPSA) is 32.3 Å². The van der Waals surface area contributed by atoms with Gasteiger partial charge in [0.15, 0.2) is 0 Å². The number of carbonyl (C=O) groups excluding carboxylic acids is 1. The molecule has 1 aliphatic rings. The van der Waals surface area contributed by atoms with Crippen molar-refractivity contribution in [2.75, 3.05) is 26.2 Å². The van der Waals surface area contributed by atoms with Gasteiger partial charge in [-0.2, -0.15) is 0 Å². The first kappa shape index (κ1) is 13.5. The van der Waals surface area contributed by atoms with Gasteiger partial charge in [-0.1, -0.05) is 26.7 Å². The van der Waals surface area contributed by atoms with Crippen molar-refractivity contribution in [2.24, 2.45) is 5.92 Å². The molecule has 1 unspecified atom stereocenters. The predicted molar refractivity (Wildman–Crippen MR) is 67.4 cm³/mol. The van der Waals surface area contributed by atoms with Crippen molar-refractivity contribution in [2.45, 2.75) is 46.0 Å². The van der Waals surface area contributed by atoms with E-state index in [1.807, 2.05) is 4.90 Å². The van der Waals surface area contributed by atoms with Crippen LogP contribution < -0.4 is 5.32 Å². The number of amides is 1. The molecule has 0 aromatic heterocycles. The molecule has 1 heterocycles. The van der Waals surface area contributed by atoms with Crippen LogP contribution in [-0.2, 0) is 4.79 Å². The maximum absolute atomic E-state index is 11.8. The first-order valence-electron chi connectivity index (χ1n) is 6.72. The number of unbranched alkanes of at least 4 members (excludes halogenated alkanes) is 2. The number of hydrogen-bond acceptors (Lipinski definition) is 2. The lowest BCUT2D eigenvalue weighted by Gasteiger charge is -2.31. The van der Waals surface area contributed by atoms with Gasteiger partial charge >= 0.3 is 0 Å². The lowest BCUT2D eigenvalue weighted by molar-refractivity contribution is -0.131. The predicted octanol–water partition coefficient (Wildman–Crippen LogP) is 2.02. The summed E-state index contributed by atoms with van der Waals surface area (Å²) >= 11 is 0. The molecule has 0 saturated carbocycles. The van der Waals surface area contributed by atoms with Crippen LogP contribution in [0.25, 0.3) is 0 Å². The Morgan fingerprint density at radius 1 is 1.44 bits per heavy atom. The normalized spacial score (nSPS) is 21.1. The molecule has 0 spiro atoms. The SMILES string of the molecule is CCCCCNCC(=O)N1CCCC(C)C1. The highest BCUT2D eigenvalue weighted by Crippen LogP contribution is 2.14. The second-order valence-electron chi connectivity index (χ2n) is 4.97. The van der Waals surface area contributed by atoms with Crippen LogP contribution in [0, 0.1) is 5.92 Å². The molecule has 0 radical (unpaired) electrons. The molecule has 1 amide bonds. The first-order valence-corrected chi connectivity index (χ1v) is 6.72. The Morgan fingerprint density at radius 2 is 2.25 bits per heavy atom. The largest absolute Gasteiger partial charge is 0.341 e. The molecular formula is C13H26N2O. The molecule has 0 aliphatic carbocycles. The van der Waals surface area contributed by atoms with Crippen LogP contribution in [0.4, 0.5) is 0 Å². The molecule has 1 aliphatic heterocycles. The average Bonchev–Trinajstić information content (AvgIpc) is 2.28. The van der Waals surface area contributed by atoms with Gasteiger partial charge in [0.1, 0.15) is 0 Å². The number of likely N-dealkylation sites (tertiary alicyclic amines) is 1. The van der Waals surface area contributed by atoms with E-state index in [4.69, 9.17) is 0 Å². The second-order valence-corrected chi connectivity index (χ2v) is 4.97. The van der Waals surface area contributed by atoms with Crippen molar-refractivity contribution < 1.29 is 4.79 Å². The minimum atomic E-state index is 0.281. The molecular weight excluding hydrogens is 200 g/mol. The minimum absolute atomic E-state index is 0.281. The molecule has 3 nitrogen and oxygen atoms in total. The number of rotatable bonds is 6. The van der Waals surface area contributed by atoms with Gasteiger partial charge in [-0.3, -0.25) is 4.79 Å². The Hall–Kier alpha value is -0.570. The Kier molecular flexibility index (Phi) is 6.46. The van der Waals surface area contributed by atoms with Crippen molar-refractivity contribution >= 4 is 5.91 Å². The molecule has 1 rings (SSSR count). The number of carbonyl (C=O) groups is 1. The summed E-state index contributed by atoms with van der Waals surface area (Å²) in [5.41, 5.74) is 0. The Balaban J connectivity index is 2.09. The number of nitrogens with one attached hydrogen (secondary N) is 1. The molecule has 1 N–H and O–H groups in total. The molecule has 1 fully saturated rings. The van der Waals surface area contributed by atoms with E-state index in [0.717, 1.165) is 19.6 Å². The third-order valence-electron chi connectivity index (χ3n) is 3.24. The fraction of sp³-hybridized carbons (Fsp3) is 0.923. The number of nitrogens with zero attached hydrogens (tertiary/aromatic N) is 1. The third-order valence-corrected chi connectivity index (χ3v) is 3.24. The van der Waals surface area contributed by atoms with Crippen LogP contribution in [0.1, 0.15) is 46.0 Å². The van der Waals surface area contributed by atoms with Crippen LogP contribution in [-0.4, -0.2) is 37.0 Å². The van der Waals surface area contributed by atoms with Crippen molar-refractivity contribution in [3.63, 3.8) is 0 Å². The highest BCUT2D eigenvalue weighted by atomic mass is 16.2. The zero-order valence-electron chi connectivity index (χ0n) is 10.8. The van der Waals surface area contributed by atoms with Gasteiger partial charge in [-0.05, 0) is 31.7 Å². The van der Waals surface area contributed by atoms with Gasteiger partial charge in [0, 0.05) is 13.1 Å². The lowest BCUT2D eigenvalue weighted by Crippen LogP contribution is -2.43. The van der Waals surface area contributed by atoms with Gasteiger partial charge in [-0.25, -0.2) is 0 Å². The average molecular weight is 226 g/mol. The maximum Gasteiger partial charge on any atom is 0.236 e. The fourth-order valence-corrected chi connectivity index (χ4v) is 2.22. The molecule has 1 atom stereocenters. The van der Waals surface area contributed by atoms with E-state index in [1.54, 1.807) is 0 Å². The van der Waals surface area contributed by atoms with E-state index in [-0.39, 0.29) is 5.91 Å². The number of hydrogen-bond donors (Lipinski definition) is 1. The molecule has 3 heteroatoms. The molecule has 1 saturated heterocycles. The summed E-state index contributed by atoms with van der Waals surface area (Å²) in [5, 5.41) is 3.24. The maximum atomic E-state index is 11.8. The van der Waals surface area contributed by atoms with Crippen molar-refractivity contribution in [1.29, 1.82) is 0 Å². The van der Waals surface area contributed by atoms with Gasteiger partial charge in [0.2, 0.25) is 5.91 Å². The van der Waals surface area contributed by atoms with Gasteiger partial charge in [0.05, 0.1) is 6.54 Å². The standard InChI is InChI=1S/C13H26N2O/c1-3-4-5-8-14-10-13(16)15-9-6-7-12(2)11-15/h12,14H,3-11H2,1-2H3. The third kappa shape index (κ3) is 4.97. The molecule has 0 bridgehead atoms. The smallest absolute Gasteiger partial charge is 0.236 e. The van der Waals surface area contributed by atoms with Crippen molar-refractivity contribution in [1.82, 2.24) is 10.2 Å². The summed E-state index contributed by atoms with van der Waals surface area (Å²) in [7, 11) is 0. The summed E-state index contributed by atoms with van der Waals surface area (Å²) in [5.74, 6) is 0.959. The van der Waals surface area contributed by atoms with E-state index in [2.05, 4.69) is 19.2 Å². The number of piperidine rings is 1. The molecule has 0 aromatic carbocycles. The summed E-state index contributed by atoms with van der Waals surface area (Å²) in [6.07, 6.45) is 6.11. The zero-order chi connectivity index (χ0) is 11.8. The van der Waals surface area contributed by atoms with Crippen LogP contribution in [0.2, 0.25) is 0 Å². The lowest BCUT2D eigenvalue weighted by atomic mass is 10.0. The Bertz CT molecular complexity index is 206. The van der Waals surface area contributed by atoms with Crippen LogP contribution in [0.3, 0.4) is 0 Å². The van der Waals surface area contributed by atoms with Gasteiger partial charge < -0.3 is 10.2 Å². The highest BCUT2D eigenvalue weighted by molar-refractivity contribution is 5.78. The Labute approximate surface area is 99.6 Å². The van der Waals surface area contributed by atoms with E-state index < -0.39 is 0 Å². The van der Waals surface area contributed by atoms with Gasteiger partial charge in [0.25, 0.3) is 0 Å². The summed E-state index contributed by atoms with van der Waals surface area (Å²) < 4.78 is 0. The van der Waals surface area contributed by atoms with E-state index >= 15 is 0 Å². The zero-order valence-corrected chi connectivity index (χ0v) is 10.8. The van der Waals surface area contributed by atoms with Crippen LogP contribution >= 0.6 is 0 Å². The van der Waals surface area contributed by atoms with E-state index in [0.29, 0.717) is 12.5 Å². The van der Waals surface area contributed by atoms with E-state index in [9.17, 15) is 4.79 Å². The monoisotopic (exact) mass is 226 g/mol. The van der Waals surface area contributed by atoms with Crippen molar-refractivity contribution in [3.05, 3.63) is 0 Å². The molecule has 0 aromatic rings. The first-order chi connectivity index (χ1) is 7.74. The van der Waals surface area contributed by atoms with Crippen molar-refractivity contribution in [3.8, 4) is 0 Å². The van der Waals surface area contributed by atoms with E-state index in [1.165, 1.54) is 32.1 Å². The minimum Gasteiger partial charge on any atom is -0.341 e. The summed E-state index contributed by atoms with van der Waals surface area (Å²) in [6, 6.07) is 0. The second kappa shape index (κ2) is 7.66. The fourth-order valence-electron chi connectivity index (χ4n) is 2.22. The highest BCUT2D eigenvalue weighted by Gasteiger charge is 2.19. The summed E-state index contributed by atoms with van der Waals surface area (Å²) in [4.78, 5) is 13.9. The Morgan fingerprint density at radius 3 is 2.94 bits per heavy atom. The summed E-state index contributed by atoms with van der Waals surface area (Å²) in [6.45, 7) is 7.84. The van der Waals surface area contributed by atoms with Crippen LogP contribution in [0.15, 0.2) is 0 Å². The molecule has 94 valence electrons. The quantitative estimate of drug-likeness (QED) is 0.703. The van der Waals surface area contributed by atoms with Gasteiger partial charge in [-0.15, -0.1) is 0 Å². The molecule has 16 heavy (non-hydrogen) atoms. The van der Waals surface area contributed by atoms with Crippen LogP contribution in [0.5, 0.6) is 0 Å².